The molecule has 7 heteroatoms. The number of amides is 3. The van der Waals surface area contributed by atoms with Crippen molar-refractivity contribution in [3.8, 4) is 0 Å². The Labute approximate surface area is 129 Å². The Morgan fingerprint density at radius 1 is 1.27 bits per heavy atom. The Balaban J connectivity index is 2.21. The Morgan fingerprint density at radius 3 is 2.64 bits per heavy atom. The third-order valence-corrected chi connectivity index (χ3v) is 3.68. The van der Waals surface area contributed by atoms with Gasteiger partial charge in [0.1, 0.15) is 5.54 Å². The van der Waals surface area contributed by atoms with E-state index in [1.54, 1.807) is 44.4 Å². The van der Waals surface area contributed by atoms with Crippen molar-refractivity contribution in [3.05, 3.63) is 24.3 Å². The van der Waals surface area contributed by atoms with Crippen molar-refractivity contribution in [1.82, 2.24) is 5.32 Å². The minimum Gasteiger partial charge on any atom is -0.354 e. The molecular formula is C15H21N4O3+. The number of hydrogen-bond acceptors (Lipinski definition) is 3. The zero-order valence-corrected chi connectivity index (χ0v) is 13.0. The molecule has 0 spiro atoms. The van der Waals surface area contributed by atoms with Gasteiger partial charge in [0.2, 0.25) is 5.91 Å². The molecule has 22 heavy (non-hydrogen) atoms. The van der Waals surface area contributed by atoms with Crippen molar-refractivity contribution in [1.29, 1.82) is 0 Å². The minimum absolute atomic E-state index is 0.0957. The van der Waals surface area contributed by atoms with Gasteiger partial charge in [-0.15, -0.1) is 0 Å². The van der Waals surface area contributed by atoms with Crippen LogP contribution in [-0.2, 0) is 14.4 Å². The Morgan fingerprint density at radius 2 is 1.95 bits per heavy atom. The molecule has 0 saturated carbocycles. The van der Waals surface area contributed by atoms with Gasteiger partial charge in [0, 0.05) is 7.05 Å². The van der Waals surface area contributed by atoms with Crippen molar-refractivity contribution in [2.45, 2.75) is 19.4 Å². The number of carbonyl (C=O) groups excluding carboxylic acids is 3. The van der Waals surface area contributed by atoms with Crippen LogP contribution >= 0.6 is 0 Å². The molecule has 0 saturated heterocycles. The van der Waals surface area contributed by atoms with Gasteiger partial charge in [0.15, 0.2) is 13.1 Å². The summed E-state index contributed by atoms with van der Waals surface area (Å²) in [6.45, 7) is 3.67. The molecule has 3 amide bonds. The van der Waals surface area contributed by atoms with E-state index in [2.05, 4.69) is 10.6 Å². The third-order valence-electron chi connectivity index (χ3n) is 3.68. The van der Waals surface area contributed by atoms with Gasteiger partial charge < -0.3 is 16.0 Å². The largest absolute Gasteiger partial charge is 0.354 e. The number of likely N-dealkylation sites (N-methyl/N-ethyl adjacent to an activating group) is 1. The number of rotatable bonds is 4. The van der Waals surface area contributed by atoms with E-state index in [1.165, 1.54) is 4.90 Å². The second-order valence-corrected chi connectivity index (χ2v) is 5.63. The lowest BCUT2D eigenvalue weighted by Gasteiger charge is -2.41. The predicted octanol–water partition coefficient (Wildman–Crippen LogP) is -0.940. The van der Waals surface area contributed by atoms with Gasteiger partial charge >= 0.3 is 0 Å². The topological polar surface area (TPSA) is 95.1 Å². The summed E-state index contributed by atoms with van der Waals surface area (Å²) in [4.78, 5) is 37.5. The van der Waals surface area contributed by atoms with Gasteiger partial charge in [-0.2, -0.15) is 0 Å². The molecule has 1 heterocycles. The fraction of sp³-hybridized carbons (Fsp3) is 0.400. The highest BCUT2D eigenvalue weighted by Crippen LogP contribution is 2.36. The van der Waals surface area contributed by atoms with Crippen LogP contribution in [0.25, 0.3) is 0 Å². The van der Waals surface area contributed by atoms with Gasteiger partial charge in [0.05, 0.1) is 11.4 Å². The molecule has 0 unspecified atom stereocenters. The molecule has 0 bridgehead atoms. The maximum Gasteiger partial charge on any atom is 0.283 e. The lowest BCUT2D eigenvalue weighted by molar-refractivity contribution is -0.632. The SMILES string of the molecule is CNC(=O)C[NH2+]CC(=O)N1c2ccccc2NC(=O)C1(C)C. The summed E-state index contributed by atoms with van der Waals surface area (Å²) >= 11 is 0. The van der Waals surface area contributed by atoms with Crippen LogP contribution in [0.1, 0.15) is 13.8 Å². The minimum atomic E-state index is -0.980. The van der Waals surface area contributed by atoms with E-state index in [4.69, 9.17) is 0 Å². The summed E-state index contributed by atoms with van der Waals surface area (Å²) in [5, 5.41) is 6.93. The molecule has 7 nitrogen and oxygen atoms in total. The van der Waals surface area contributed by atoms with Gasteiger partial charge in [0.25, 0.3) is 11.8 Å². The van der Waals surface area contributed by atoms with E-state index in [0.29, 0.717) is 11.4 Å². The second kappa shape index (κ2) is 6.15. The van der Waals surface area contributed by atoms with E-state index in [1.807, 2.05) is 6.07 Å². The first-order valence-electron chi connectivity index (χ1n) is 7.13. The average Bonchev–Trinajstić information content (AvgIpc) is 2.47. The van der Waals surface area contributed by atoms with E-state index in [-0.39, 0.29) is 30.8 Å². The molecule has 0 aliphatic carbocycles. The third kappa shape index (κ3) is 2.94. The summed E-state index contributed by atoms with van der Waals surface area (Å²) in [5.74, 6) is -0.592. The van der Waals surface area contributed by atoms with Crippen LogP contribution in [0.3, 0.4) is 0 Å². The summed E-state index contributed by atoms with van der Waals surface area (Å²) in [5.41, 5.74) is 0.309. The highest BCUT2D eigenvalue weighted by molar-refractivity contribution is 6.14. The van der Waals surface area contributed by atoms with Crippen LogP contribution in [0.15, 0.2) is 24.3 Å². The zero-order chi connectivity index (χ0) is 16.3. The summed E-state index contributed by atoms with van der Waals surface area (Å²) in [7, 11) is 1.55. The molecule has 118 valence electrons. The highest BCUT2D eigenvalue weighted by atomic mass is 16.2. The molecule has 1 aliphatic heterocycles. The van der Waals surface area contributed by atoms with E-state index in [0.717, 1.165) is 0 Å². The number of hydrogen-bond donors (Lipinski definition) is 3. The number of benzene rings is 1. The summed E-state index contributed by atoms with van der Waals surface area (Å²) < 4.78 is 0. The van der Waals surface area contributed by atoms with Crippen LogP contribution in [0.2, 0.25) is 0 Å². The lowest BCUT2D eigenvalue weighted by Crippen LogP contribution is -2.89. The van der Waals surface area contributed by atoms with Gasteiger partial charge in [-0.1, -0.05) is 12.1 Å². The summed E-state index contributed by atoms with van der Waals surface area (Å²) in [6, 6.07) is 7.18. The van der Waals surface area contributed by atoms with Crippen molar-refractivity contribution in [2.75, 3.05) is 30.4 Å². The molecule has 0 aromatic heterocycles. The molecule has 0 atom stereocenters. The van der Waals surface area contributed by atoms with Gasteiger partial charge in [-0.3, -0.25) is 19.3 Å². The first-order valence-corrected chi connectivity index (χ1v) is 7.13. The first-order chi connectivity index (χ1) is 10.4. The predicted molar refractivity (Wildman–Crippen MR) is 82.4 cm³/mol. The number of quaternary nitrogens is 1. The Hall–Kier alpha value is -2.41. The molecule has 2 rings (SSSR count). The van der Waals surface area contributed by atoms with Gasteiger partial charge in [-0.05, 0) is 26.0 Å². The van der Waals surface area contributed by atoms with Crippen molar-refractivity contribution in [2.24, 2.45) is 0 Å². The zero-order valence-electron chi connectivity index (χ0n) is 13.0. The van der Waals surface area contributed by atoms with Crippen molar-refractivity contribution in [3.63, 3.8) is 0 Å². The fourth-order valence-electron chi connectivity index (χ4n) is 2.42. The van der Waals surface area contributed by atoms with Crippen molar-refractivity contribution >= 4 is 29.1 Å². The average molecular weight is 305 g/mol. The number of anilines is 2. The summed E-state index contributed by atoms with van der Waals surface area (Å²) in [6.07, 6.45) is 0. The first kappa shape index (κ1) is 16.0. The van der Waals surface area contributed by atoms with Crippen LogP contribution in [0.5, 0.6) is 0 Å². The fourth-order valence-corrected chi connectivity index (χ4v) is 2.42. The monoisotopic (exact) mass is 305 g/mol. The second-order valence-electron chi connectivity index (χ2n) is 5.63. The van der Waals surface area contributed by atoms with Crippen LogP contribution in [0, 0.1) is 0 Å². The number of nitrogens with one attached hydrogen (secondary N) is 2. The molecule has 0 radical (unpaired) electrons. The normalized spacial score (nSPS) is 15.8. The molecule has 1 aromatic carbocycles. The smallest absolute Gasteiger partial charge is 0.283 e. The van der Waals surface area contributed by atoms with Crippen molar-refractivity contribution < 1.29 is 19.7 Å². The standard InChI is InChI=1S/C15H20N4O3/c1-15(2)14(22)18-10-6-4-5-7-11(10)19(15)13(21)9-17-8-12(20)16-3/h4-7,17H,8-9H2,1-3H3,(H,16,20)(H,18,22)/p+1. The molecular weight excluding hydrogens is 284 g/mol. The number of nitrogens with two attached hydrogens (primary N) is 1. The molecule has 4 N–H and O–H groups in total. The van der Waals surface area contributed by atoms with Gasteiger partial charge in [-0.25, -0.2) is 0 Å². The van der Waals surface area contributed by atoms with Crippen LogP contribution in [-0.4, -0.2) is 43.4 Å². The van der Waals surface area contributed by atoms with E-state index in [9.17, 15) is 14.4 Å². The Kier molecular flexibility index (Phi) is 4.46. The highest BCUT2D eigenvalue weighted by Gasteiger charge is 2.43. The Bertz CT molecular complexity index is 613. The van der Waals surface area contributed by atoms with Crippen LogP contribution < -0.4 is 20.9 Å². The quantitative estimate of drug-likeness (QED) is 0.670. The van der Waals surface area contributed by atoms with Crippen LogP contribution in [0.4, 0.5) is 11.4 Å². The van der Waals surface area contributed by atoms with E-state index >= 15 is 0 Å². The lowest BCUT2D eigenvalue weighted by atomic mass is 9.96. The molecule has 0 fully saturated rings. The number of fused-ring (bicyclic) bond motifs is 1. The molecule has 1 aromatic rings. The number of para-hydroxylation sites is 2. The number of nitrogens with zero attached hydrogens (tertiary/aromatic N) is 1. The maximum absolute atomic E-state index is 12.6. The van der Waals surface area contributed by atoms with E-state index < -0.39 is 5.54 Å². The number of carbonyl (C=O) groups is 3. The maximum atomic E-state index is 12.6. The molecule has 1 aliphatic rings.